The van der Waals surface area contributed by atoms with Crippen LogP contribution in [-0.2, 0) is 4.74 Å². The number of nitrogens with zero attached hydrogens (tertiary/aromatic N) is 6. The van der Waals surface area contributed by atoms with Crippen molar-refractivity contribution in [3.05, 3.63) is 47.2 Å². The molecule has 0 aliphatic carbocycles. The molecule has 2 unspecified atom stereocenters. The van der Waals surface area contributed by atoms with Crippen molar-refractivity contribution in [2.24, 2.45) is 0 Å². The molecule has 2 aliphatic rings. The molecule has 2 bridgehead atoms. The number of nitrogens with one attached hydrogen (secondary N) is 1. The van der Waals surface area contributed by atoms with Gasteiger partial charge >= 0.3 is 0 Å². The third kappa shape index (κ3) is 3.72. The molecule has 3 atom stereocenters. The smallest absolute Gasteiger partial charge is 0.177 e. The van der Waals surface area contributed by atoms with E-state index in [1.54, 1.807) is 0 Å². The van der Waals surface area contributed by atoms with Crippen molar-refractivity contribution in [2.75, 3.05) is 42.4 Å². The number of pyridine rings is 1. The summed E-state index contributed by atoms with van der Waals surface area (Å²) in [5, 5.41) is 22.9. The number of hydrogen-bond acceptors (Lipinski definition) is 8. The molecule has 0 amide bonds. The molecule has 2 aromatic heterocycles. The number of morpholine rings is 1. The standard InChI is InChI=1S/C25H29N7O/c1-15-17(11-26)6-5-7-21(15)16(2)28-24-22-10-20(32-18-8-9-19(32)14-33-13-18)12-27-23(22)25(30-29-24)31(3)4/h5-7,10,12,16,18-19H,8-9,13-14H2,1-4H3,(H,28,29)/t16-,18?,19?/m1/s1. The third-order valence-corrected chi connectivity index (χ3v) is 6.86. The van der Waals surface area contributed by atoms with Gasteiger partial charge in [0.2, 0.25) is 0 Å². The average Bonchev–Trinajstić information content (AvgIpc) is 3.06. The van der Waals surface area contributed by atoms with Gasteiger partial charge in [-0.15, -0.1) is 10.2 Å². The highest BCUT2D eigenvalue weighted by atomic mass is 16.5. The van der Waals surface area contributed by atoms with Crippen molar-refractivity contribution in [2.45, 2.75) is 44.8 Å². The van der Waals surface area contributed by atoms with Crippen LogP contribution in [0.5, 0.6) is 0 Å². The number of ether oxygens (including phenoxy) is 1. The maximum Gasteiger partial charge on any atom is 0.177 e. The summed E-state index contributed by atoms with van der Waals surface area (Å²) in [4.78, 5) is 9.26. The molecule has 3 aromatic rings. The Morgan fingerprint density at radius 2 is 1.97 bits per heavy atom. The van der Waals surface area contributed by atoms with Gasteiger partial charge in [0, 0.05) is 14.1 Å². The van der Waals surface area contributed by atoms with Crippen molar-refractivity contribution in [3.8, 4) is 6.07 Å². The first kappa shape index (κ1) is 21.4. The number of fused-ring (bicyclic) bond motifs is 3. The van der Waals surface area contributed by atoms with Crippen molar-refractivity contribution < 1.29 is 4.74 Å². The van der Waals surface area contributed by atoms with Crippen molar-refractivity contribution in [1.82, 2.24) is 15.2 Å². The molecule has 4 heterocycles. The van der Waals surface area contributed by atoms with E-state index >= 15 is 0 Å². The molecule has 170 valence electrons. The minimum absolute atomic E-state index is 0.0516. The Morgan fingerprint density at radius 3 is 2.67 bits per heavy atom. The Labute approximate surface area is 194 Å². The zero-order valence-electron chi connectivity index (χ0n) is 19.5. The fraction of sp³-hybridized carbons (Fsp3) is 0.440. The Morgan fingerprint density at radius 1 is 1.21 bits per heavy atom. The van der Waals surface area contributed by atoms with Crippen LogP contribution in [0.25, 0.3) is 10.9 Å². The topological polar surface area (TPSA) is 90.2 Å². The van der Waals surface area contributed by atoms with Gasteiger partial charge in [-0.3, -0.25) is 0 Å². The monoisotopic (exact) mass is 443 g/mol. The van der Waals surface area contributed by atoms with E-state index in [4.69, 9.17) is 9.72 Å². The van der Waals surface area contributed by atoms with Gasteiger partial charge in [0.1, 0.15) is 5.52 Å². The van der Waals surface area contributed by atoms with E-state index in [1.165, 1.54) is 0 Å². The van der Waals surface area contributed by atoms with Crippen molar-refractivity contribution >= 4 is 28.2 Å². The minimum atomic E-state index is -0.0516. The maximum atomic E-state index is 9.42. The highest BCUT2D eigenvalue weighted by molar-refractivity contribution is 5.97. The van der Waals surface area contributed by atoms with Crippen LogP contribution in [0.15, 0.2) is 30.5 Å². The Bertz CT molecular complexity index is 1220. The van der Waals surface area contributed by atoms with Crippen LogP contribution >= 0.6 is 0 Å². The average molecular weight is 444 g/mol. The molecule has 2 aliphatic heterocycles. The van der Waals surface area contributed by atoms with Crippen molar-refractivity contribution in [1.29, 1.82) is 5.26 Å². The van der Waals surface area contributed by atoms with E-state index in [0.717, 1.165) is 59.6 Å². The van der Waals surface area contributed by atoms with Gasteiger partial charge in [0.15, 0.2) is 11.6 Å². The molecule has 0 radical (unpaired) electrons. The van der Waals surface area contributed by atoms with E-state index in [2.05, 4.69) is 39.5 Å². The molecule has 8 heteroatoms. The Kier molecular flexibility index (Phi) is 5.51. The molecule has 5 rings (SSSR count). The minimum Gasteiger partial charge on any atom is -0.377 e. The number of nitriles is 1. The second-order valence-electron chi connectivity index (χ2n) is 9.18. The highest BCUT2D eigenvalue weighted by Crippen LogP contribution is 2.37. The predicted molar refractivity (Wildman–Crippen MR) is 130 cm³/mol. The summed E-state index contributed by atoms with van der Waals surface area (Å²) in [7, 11) is 3.90. The van der Waals surface area contributed by atoms with Gasteiger partial charge in [-0.05, 0) is 49.9 Å². The number of hydrogen-bond donors (Lipinski definition) is 1. The van der Waals surface area contributed by atoms with E-state index in [0.29, 0.717) is 23.5 Å². The molecule has 8 nitrogen and oxygen atoms in total. The third-order valence-electron chi connectivity index (χ3n) is 6.86. The molecule has 33 heavy (non-hydrogen) atoms. The van der Waals surface area contributed by atoms with Crippen molar-refractivity contribution in [3.63, 3.8) is 0 Å². The quantitative estimate of drug-likeness (QED) is 0.637. The summed E-state index contributed by atoms with van der Waals surface area (Å²) in [6, 6.07) is 11.0. The van der Waals surface area contributed by atoms with Crippen LogP contribution in [-0.4, -0.2) is 54.6 Å². The Balaban J connectivity index is 1.57. The molecule has 2 saturated heterocycles. The van der Waals surface area contributed by atoms with Crippen LogP contribution < -0.4 is 15.1 Å². The molecule has 1 N–H and O–H groups in total. The summed E-state index contributed by atoms with van der Waals surface area (Å²) in [6.45, 7) is 5.60. The predicted octanol–water partition coefficient (Wildman–Crippen LogP) is 3.81. The van der Waals surface area contributed by atoms with E-state index in [-0.39, 0.29) is 6.04 Å². The lowest BCUT2D eigenvalue weighted by Gasteiger charge is -2.36. The maximum absolute atomic E-state index is 9.42. The number of anilines is 3. The normalized spacial score (nSPS) is 20.5. The number of rotatable bonds is 5. The lowest BCUT2D eigenvalue weighted by molar-refractivity contribution is 0.0906. The lowest BCUT2D eigenvalue weighted by atomic mass is 9.98. The Hall–Kier alpha value is -3.44. The van der Waals surface area contributed by atoms with Crippen LogP contribution in [0.3, 0.4) is 0 Å². The molecule has 2 fully saturated rings. The molecule has 1 aromatic carbocycles. The van der Waals surface area contributed by atoms with Gasteiger partial charge < -0.3 is 19.9 Å². The zero-order valence-corrected chi connectivity index (χ0v) is 19.5. The lowest BCUT2D eigenvalue weighted by Crippen LogP contribution is -2.46. The fourth-order valence-electron chi connectivity index (χ4n) is 5.14. The summed E-state index contributed by atoms with van der Waals surface area (Å²) in [5.74, 6) is 1.43. The van der Waals surface area contributed by atoms with Gasteiger partial charge in [-0.25, -0.2) is 4.98 Å². The largest absolute Gasteiger partial charge is 0.377 e. The number of aromatic nitrogens is 3. The summed E-state index contributed by atoms with van der Waals surface area (Å²) < 4.78 is 5.78. The second-order valence-corrected chi connectivity index (χ2v) is 9.18. The van der Waals surface area contributed by atoms with E-state index in [9.17, 15) is 5.26 Å². The molecular weight excluding hydrogens is 414 g/mol. The van der Waals surface area contributed by atoms with Crippen LogP contribution in [0.4, 0.5) is 17.3 Å². The SMILES string of the molecule is Cc1c(C#N)cccc1[C@@H](C)Nc1nnc(N(C)C)c2ncc(N3C4CCC3COC4)cc12. The summed E-state index contributed by atoms with van der Waals surface area (Å²) in [6.07, 6.45) is 4.26. The van der Waals surface area contributed by atoms with Gasteiger partial charge in [0.05, 0.1) is 60.2 Å². The highest BCUT2D eigenvalue weighted by Gasteiger charge is 2.37. The van der Waals surface area contributed by atoms with Crippen LogP contribution in [0, 0.1) is 18.3 Å². The first-order valence-electron chi connectivity index (χ1n) is 11.4. The second kappa shape index (κ2) is 8.49. The van der Waals surface area contributed by atoms with Gasteiger partial charge in [-0.2, -0.15) is 5.26 Å². The van der Waals surface area contributed by atoms with E-state index in [1.807, 2.05) is 50.3 Å². The number of benzene rings is 1. The summed E-state index contributed by atoms with van der Waals surface area (Å²) in [5.41, 5.74) is 4.65. The van der Waals surface area contributed by atoms with Gasteiger partial charge in [0.25, 0.3) is 0 Å². The first-order valence-corrected chi connectivity index (χ1v) is 11.4. The fourth-order valence-corrected chi connectivity index (χ4v) is 5.14. The summed E-state index contributed by atoms with van der Waals surface area (Å²) >= 11 is 0. The molecule has 0 spiro atoms. The van der Waals surface area contributed by atoms with Crippen LogP contribution in [0.2, 0.25) is 0 Å². The molecular formula is C25H29N7O. The zero-order chi connectivity index (χ0) is 23.1. The van der Waals surface area contributed by atoms with Gasteiger partial charge in [-0.1, -0.05) is 12.1 Å². The van der Waals surface area contributed by atoms with E-state index < -0.39 is 0 Å². The van der Waals surface area contributed by atoms with Crippen LogP contribution in [0.1, 0.15) is 42.5 Å². The first-order chi connectivity index (χ1) is 16.0. The molecule has 0 saturated carbocycles.